The second kappa shape index (κ2) is 10.8. The van der Waals surface area contributed by atoms with Crippen LogP contribution in [0.15, 0.2) is 28.6 Å². The first kappa shape index (κ1) is 20.3. The van der Waals surface area contributed by atoms with E-state index in [1.54, 1.807) is 24.9 Å². The van der Waals surface area contributed by atoms with E-state index in [1.165, 1.54) is 17.4 Å². The van der Waals surface area contributed by atoms with Gasteiger partial charge in [0, 0.05) is 11.8 Å². The van der Waals surface area contributed by atoms with E-state index < -0.39 is 0 Å². The van der Waals surface area contributed by atoms with Crippen LogP contribution in [0.2, 0.25) is 0 Å². The highest BCUT2D eigenvalue weighted by Crippen LogP contribution is 2.29. The number of amides is 1. The molecule has 1 amide bonds. The lowest BCUT2D eigenvalue weighted by atomic mass is 10.2. The number of unbranched alkanes of at least 4 members (excludes halogenated alkanes) is 1. The van der Waals surface area contributed by atoms with E-state index in [1.807, 2.05) is 25.1 Å². The van der Waals surface area contributed by atoms with E-state index in [0.717, 1.165) is 28.5 Å². The number of carbonyl (C=O) groups excluding carboxylic acids is 1. The Labute approximate surface area is 162 Å². The number of nitrogens with one attached hydrogen (secondary N) is 1. The lowest BCUT2D eigenvalue weighted by Gasteiger charge is -2.09. The van der Waals surface area contributed by atoms with Crippen LogP contribution in [0.25, 0.3) is 6.08 Å². The lowest BCUT2D eigenvalue weighted by Crippen LogP contribution is -2.07. The standard InChI is InChI=1S/C18H23N3O3S2/c1-4-6-11-25-18-21-20-17(26-18)19-16(22)10-8-13-7-9-14(24-5-2)15(12-13)23-3/h7-10,12H,4-6,11H2,1-3H3,(H,19,20,22)/b10-8+. The van der Waals surface area contributed by atoms with E-state index in [0.29, 0.717) is 23.2 Å². The van der Waals surface area contributed by atoms with Crippen LogP contribution in [0, 0.1) is 0 Å². The van der Waals surface area contributed by atoms with Crippen LogP contribution in [0.4, 0.5) is 5.13 Å². The van der Waals surface area contributed by atoms with Crippen LogP contribution in [0.3, 0.4) is 0 Å². The van der Waals surface area contributed by atoms with Gasteiger partial charge in [0.1, 0.15) is 0 Å². The summed E-state index contributed by atoms with van der Waals surface area (Å²) < 4.78 is 11.7. The number of nitrogens with zero attached hydrogens (tertiary/aromatic N) is 2. The Kier molecular flexibility index (Phi) is 8.43. The molecule has 0 aliphatic rings. The third-order valence-corrected chi connectivity index (χ3v) is 5.33. The summed E-state index contributed by atoms with van der Waals surface area (Å²) >= 11 is 3.05. The fourth-order valence-corrected chi connectivity index (χ4v) is 3.91. The second-order valence-electron chi connectivity index (χ2n) is 5.24. The van der Waals surface area contributed by atoms with E-state index in [9.17, 15) is 4.79 Å². The molecule has 8 heteroatoms. The van der Waals surface area contributed by atoms with E-state index in [4.69, 9.17) is 9.47 Å². The van der Waals surface area contributed by atoms with Crippen molar-refractivity contribution in [1.29, 1.82) is 0 Å². The van der Waals surface area contributed by atoms with Crippen LogP contribution >= 0.6 is 23.1 Å². The topological polar surface area (TPSA) is 73.3 Å². The molecule has 140 valence electrons. The molecule has 0 fully saturated rings. The van der Waals surface area contributed by atoms with Crippen molar-refractivity contribution in [2.24, 2.45) is 0 Å². The zero-order valence-electron chi connectivity index (χ0n) is 15.2. The monoisotopic (exact) mass is 393 g/mol. The molecule has 0 saturated heterocycles. The van der Waals surface area contributed by atoms with Gasteiger partial charge in [-0.15, -0.1) is 10.2 Å². The third-order valence-electron chi connectivity index (χ3n) is 3.27. The Morgan fingerprint density at radius 1 is 1.31 bits per heavy atom. The van der Waals surface area contributed by atoms with E-state index in [2.05, 4.69) is 22.4 Å². The Hall–Kier alpha value is -2.06. The molecule has 0 aliphatic heterocycles. The van der Waals surface area contributed by atoms with E-state index >= 15 is 0 Å². The summed E-state index contributed by atoms with van der Waals surface area (Å²) in [6.07, 6.45) is 5.46. The summed E-state index contributed by atoms with van der Waals surface area (Å²) in [6, 6.07) is 5.51. The molecule has 2 rings (SSSR count). The van der Waals surface area contributed by atoms with Crippen molar-refractivity contribution in [3.63, 3.8) is 0 Å². The fraction of sp³-hybridized carbons (Fsp3) is 0.389. The number of carbonyl (C=O) groups is 1. The Morgan fingerprint density at radius 2 is 2.15 bits per heavy atom. The van der Waals surface area contributed by atoms with Gasteiger partial charge in [-0.25, -0.2) is 0 Å². The van der Waals surface area contributed by atoms with E-state index in [-0.39, 0.29) is 5.91 Å². The fourth-order valence-electron chi connectivity index (χ4n) is 2.00. The predicted octanol–water partition coefficient (Wildman–Crippen LogP) is 4.49. The number of hydrogen-bond donors (Lipinski definition) is 1. The lowest BCUT2D eigenvalue weighted by molar-refractivity contribution is -0.111. The quantitative estimate of drug-likeness (QED) is 0.277. The van der Waals surface area contributed by atoms with Crippen molar-refractivity contribution in [2.45, 2.75) is 31.0 Å². The minimum Gasteiger partial charge on any atom is -0.493 e. The average Bonchev–Trinajstić information content (AvgIpc) is 3.08. The SMILES string of the molecule is CCCCSc1nnc(NC(=O)/C=C/c2ccc(OCC)c(OC)c2)s1. The molecule has 0 aliphatic carbocycles. The molecule has 0 bridgehead atoms. The summed E-state index contributed by atoms with van der Waals surface area (Å²) in [5.41, 5.74) is 0.841. The number of aromatic nitrogens is 2. The van der Waals surface area contributed by atoms with Crippen LogP contribution < -0.4 is 14.8 Å². The summed E-state index contributed by atoms with van der Waals surface area (Å²) in [7, 11) is 1.59. The number of rotatable bonds is 10. The molecule has 0 spiro atoms. The van der Waals surface area contributed by atoms with Crippen molar-refractivity contribution < 1.29 is 14.3 Å². The van der Waals surface area contributed by atoms with Crippen molar-refractivity contribution in [1.82, 2.24) is 10.2 Å². The summed E-state index contributed by atoms with van der Waals surface area (Å²) in [5, 5.41) is 11.3. The average molecular weight is 394 g/mol. The minimum atomic E-state index is -0.251. The molecule has 1 heterocycles. The highest BCUT2D eigenvalue weighted by Gasteiger charge is 2.07. The molecule has 1 aromatic heterocycles. The maximum atomic E-state index is 12.1. The van der Waals surface area contributed by atoms with Gasteiger partial charge >= 0.3 is 0 Å². The molecule has 26 heavy (non-hydrogen) atoms. The van der Waals surface area contributed by atoms with Crippen molar-refractivity contribution in [2.75, 3.05) is 24.8 Å². The van der Waals surface area contributed by atoms with Gasteiger partial charge in [-0.05, 0) is 37.1 Å². The first-order valence-electron chi connectivity index (χ1n) is 8.42. The molecule has 0 atom stereocenters. The normalized spacial score (nSPS) is 10.9. The number of hydrogen-bond acceptors (Lipinski definition) is 7. The second-order valence-corrected chi connectivity index (χ2v) is 7.56. The zero-order valence-corrected chi connectivity index (χ0v) is 16.8. The summed E-state index contributed by atoms with van der Waals surface area (Å²) in [4.78, 5) is 12.1. The number of thioether (sulfide) groups is 1. The first-order chi connectivity index (χ1) is 12.7. The van der Waals surface area contributed by atoms with Gasteiger partial charge in [0.2, 0.25) is 11.0 Å². The summed E-state index contributed by atoms with van der Waals surface area (Å²) in [5.74, 6) is 2.07. The molecule has 6 nitrogen and oxygen atoms in total. The maximum absolute atomic E-state index is 12.1. The predicted molar refractivity (Wildman–Crippen MR) is 107 cm³/mol. The zero-order chi connectivity index (χ0) is 18.8. The molecule has 1 N–H and O–H groups in total. The Bertz CT molecular complexity index is 747. The molecule has 0 radical (unpaired) electrons. The Morgan fingerprint density at radius 3 is 2.88 bits per heavy atom. The van der Waals surface area contributed by atoms with Gasteiger partial charge in [-0.2, -0.15) is 0 Å². The molecule has 2 aromatic rings. The highest BCUT2D eigenvalue weighted by atomic mass is 32.2. The minimum absolute atomic E-state index is 0.251. The van der Waals surface area contributed by atoms with Gasteiger partial charge in [0.15, 0.2) is 15.8 Å². The smallest absolute Gasteiger partial charge is 0.250 e. The van der Waals surface area contributed by atoms with Crippen molar-refractivity contribution in [3.8, 4) is 11.5 Å². The first-order valence-corrected chi connectivity index (χ1v) is 10.2. The third kappa shape index (κ3) is 6.34. The van der Waals surface area contributed by atoms with Crippen molar-refractivity contribution >= 4 is 40.2 Å². The Balaban J connectivity index is 1.93. The van der Waals surface area contributed by atoms with Gasteiger partial charge in [-0.3, -0.25) is 10.1 Å². The van der Waals surface area contributed by atoms with Gasteiger partial charge in [0.05, 0.1) is 13.7 Å². The maximum Gasteiger partial charge on any atom is 0.250 e. The number of benzene rings is 1. The molecular formula is C18H23N3O3S2. The van der Waals surface area contributed by atoms with Gasteiger partial charge in [-0.1, -0.05) is 42.5 Å². The van der Waals surface area contributed by atoms with Crippen LogP contribution in [-0.4, -0.2) is 35.6 Å². The number of methoxy groups -OCH3 is 1. The molecular weight excluding hydrogens is 370 g/mol. The largest absolute Gasteiger partial charge is 0.493 e. The summed E-state index contributed by atoms with van der Waals surface area (Å²) in [6.45, 7) is 4.63. The van der Waals surface area contributed by atoms with Gasteiger partial charge < -0.3 is 9.47 Å². The molecule has 0 unspecified atom stereocenters. The van der Waals surface area contributed by atoms with Gasteiger partial charge in [0.25, 0.3) is 0 Å². The van der Waals surface area contributed by atoms with Crippen LogP contribution in [0.1, 0.15) is 32.3 Å². The molecule has 1 aromatic carbocycles. The number of ether oxygens (including phenoxy) is 2. The van der Waals surface area contributed by atoms with Crippen molar-refractivity contribution in [3.05, 3.63) is 29.8 Å². The highest BCUT2D eigenvalue weighted by molar-refractivity contribution is 8.01. The van der Waals surface area contributed by atoms with Crippen LogP contribution in [0.5, 0.6) is 11.5 Å². The molecule has 0 saturated carbocycles. The van der Waals surface area contributed by atoms with Crippen LogP contribution in [-0.2, 0) is 4.79 Å². The number of anilines is 1.